The van der Waals surface area contributed by atoms with E-state index in [1.807, 2.05) is 0 Å². The molecule has 2 rings (SSSR count). The van der Waals surface area contributed by atoms with E-state index >= 15 is 0 Å². The SMILES string of the molecule is CC(C)CCCC(C)NCCc1ccc2c(c1)CCO2. The fourth-order valence-electron chi connectivity index (χ4n) is 2.79. The zero-order valence-corrected chi connectivity index (χ0v) is 13.2. The summed E-state index contributed by atoms with van der Waals surface area (Å²) >= 11 is 0. The maximum atomic E-state index is 5.54. The third-order valence-corrected chi connectivity index (χ3v) is 4.08. The summed E-state index contributed by atoms with van der Waals surface area (Å²) in [5, 5.41) is 3.64. The van der Waals surface area contributed by atoms with Gasteiger partial charge in [-0.15, -0.1) is 0 Å². The quantitative estimate of drug-likeness (QED) is 0.775. The number of rotatable bonds is 8. The van der Waals surface area contributed by atoms with Crippen LogP contribution in [0.2, 0.25) is 0 Å². The first-order valence-corrected chi connectivity index (χ1v) is 8.13. The van der Waals surface area contributed by atoms with Gasteiger partial charge in [-0.05, 0) is 49.4 Å². The Hall–Kier alpha value is -1.02. The van der Waals surface area contributed by atoms with Crippen LogP contribution in [0, 0.1) is 5.92 Å². The Labute approximate surface area is 123 Å². The third kappa shape index (κ3) is 4.82. The standard InChI is InChI=1S/C18H29NO/c1-14(2)5-4-6-15(3)19-11-9-16-7-8-18-17(13-16)10-12-20-18/h7-8,13-15,19H,4-6,9-12H2,1-3H3. The Balaban J connectivity index is 1.65. The number of ether oxygens (including phenoxy) is 1. The lowest BCUT2D eigenvalue weighted by Gasteiger charge is -2.14. The average Bonchev–Trinajstić information content (AvgIpc) is 2.85. The van der Waals surface area contributed by atoms with Crippen LogP contribution in [-0.4, -0.2) is 19.2 Å². The molecule has 0 aromatic heterocycles. The van der Waals surface area contributed by atoms with Crippen molar-refractivity contribution in [3.05, 3.63) is 29.3 Å². The summed E-state index contributed by atoms with van der Waals surface area (Å²) in [5.74, 6) is 1.92. The molecule has 0 saturated heterocycles. The van der Waals surface area contributed by atoms with Crippen molar-refractivity contribution in [2.45, 2.75) is 58.9 Å². The Morgan fingerprint density at radius 2 is 2.05 bits per heavy atom. The summed E-state index contributed by atoms with van der Waals surface area (Å²) in [6.07, 6.45) is 6.15. The molecular weight excluding hydrogens is 246 g/mol. The summed E-state index contributed by atoms with van der Waals surface area (Å²) in [4.78, 5) is 0. The van der Waals surface area contributed by atoms with E-state index in [2.05, 4.69) is 44.3 Å². The second-order valence-electron chi connectivity index (χ2n) is 6.47. The molecule has 1 unspecified atom stereocenters. The van der Waals surface area contributed by atoms with Crippen molar-refractivity contribution < 1.29 is 4.74 Å². The van der Waals surface area contributed by atoms with Gasteiger partial charge in [0.15, 0.2) is 0 Å². The van der Waals surface area contributed by atoms with Crippen LogP contribution >= 0.6 is 0 Å². The van der Waals surface area contributed by atoms with Crippen molar-refractivity contribution in [3.63, 3.8) is 0 Å². The minimum Gasteiger partial charge on any atom is -0.493 e. The average molecular weight is 275 g/mol. The molecule has 112 valence electrons. The van der Waals surface area contributed by atoms with Gasteiger partial charge in [-0.1, -0.05) is 38.8 Å². The second-order valence-corrected chi connectivity index (χ2v) is 6.47. The molecule has 0 radical (unpaired) electrons. The van der Waals surface area contributed by atoms with Crippen molar-refractivity contribution in [1.29, 1.82) is 0 Å². The molecule has 1 N–H and O–H groups in total. The zero-order valence-electron chi connectivity index (χ0n) is 13.2. The smallest absolute Gasteiger partial charge is 0.122 e. The highest BCUT2D eigenvalue weighted by Gasteiger charge is 2.11. The summed E-state index contributed by atoms with van der Waals surface area (Å²) in [7, 11) is 0. The molecule has 1 aromatic rings. The van der Waals surface area contributed by atoms with Crippen LogP contribution < -0.4 is 10.1 Å². The van der Waals surface area contributed by atoms with Crippen LogP contribution in [0.25, 0.3) is 0 Å². The van der Waals surface area contributed by atoms with Crippen molar-refractivity contribution >= 4 is 0 Å². The van der Waals surface area contributed by atoms with E-state index in [1.54, 1.807) is 0 Å². The molecule has 0 spiro atoms. The number of hydrogen-bond donors (Lipinski definition) is 1. The van der Waals surface area contributed by atoms with Gasteiger partial charge in [-0.25, -0.2) is 0 Å². The normalized spacial score (nSPS) is 15.2. The third-order valence-electron chi connectivity index (χ3n) is 4.08. The van der Waals surface area contributed by atoms with Gasteiger partial charge < -0.3 is 10.1 Å². The van der Waals surface area contributed by atoms with E-state index in [0.717, 1.165) is 37.7 Å². The number of hydrogen-bond acceptors (Lipinski definition) is 2. The van der Waals surface area contributed by atoms with Crippen molar-refractivity contribution in [2.24, 2.45) is 5.92 Å². The van der Waals surface area contributed by atoms with E-state index in [-0.39, 0.29) is 0 Å². The second kappa shape index (κ2) is 7.68. The predicted octanol–water partition coefficient (Wildman–Crippen LogP) is 3.97. The maximum absolute atomic E-state index is 5.54. The van der Waals surface area contributed by atoms with Gasteiger partial charge in [0.1, 0.15) is 5.75 Å². The summed E-state index contributed by atoms with van der Waals surface area (Å²) in [5.41, 5.74) is 2.81. The van der Waals surface area contributed by atoms with Gasteiger partial charge in [0.05, 0.1) is 6.61 Å². The summed E-state index contributed by atoms with van der Waals surface area (Å²) in [6.45, 7) is 8.83. The molecule has 0 bridgehead atoms. The lowest BCUT2D eigenvalue weighted by atomic mass is 10.0. The first kappa shape index (κ1) is 15.4. The molecule has 1 aliphatic rings. The molecule has 0 fully saturated rings. The number of benzene rings is 1. The van der Waals surface area contributed by atoms with Gasteiger partial charge in [0, 0.05) is 12.5 Å². The van der Waals surface area contributed by atoms with Crippen LogP contribution in [-0.2, 0) is 12.8 Å². The Morgan fingerprint density at radius 3 is 2.85 bits per heavy atom. The monoisotopic (exact) mass is 275 g/mol. The lowest BCUT2D eigenvalue weighted by molar-refractivity contribution is 0.357. The minimum absolute atomic E-state index is 0.631. The van der Waals surface area contributed by atoms with Crippen LogP contribution in [0.5, 0.6) is 5.75 Å². The minimum atomic E-state index is 0.631. The molecule has 0 amide bonds. The van der Waals surface area contributed by atoms with E-state index in [4.69, 9.17) is 4.74 Å². The lowest BCUT2D eigenvalue weighted by Crippen LogP contribution is -2.28. The molecule has 1 aliphatic heterocycles. The Kier molecular flexibility index (Phi) is 5.90. The van der Waals surface area contributed by atoms with Crippen molar-refractivity contribution in [2.75, 3.05) is 13.2 Å². The van der Waals surface area contributed by atoms with E-state index in [0.29, 0.717) is 6.04 Å². The largest absolute Gasteiger partial charge is 0.493 e. The Morgan fingerprint density at radius 1 is 1.20 bits per heavy atom. The maximum Gasteiger partial charge on any atom is 0.122 e. The molecule has 1 aromatic carbocycles. The topological polar surface area (TPSA) is 21.3 Å². The predicted molar refractivity (Wildman–Crippen MR) is 85.5 cm³/mol. The first-order chi connectivity index (χ1) is 9.65. The number of fused-ring (bicyclic) bond motifs is 1. The van der Waals surface area contributed by atoms with Crippen LogP contribution in [0.3, 0.4) is 0 Å². The van der Waals surface area contributed by atoms with Gasteiger partial charge in [0.2, 0.25) is 0 Å². The molecule has 1 atom stereocenters. The van der Waals surface area contributed by atoms with E-state index in [1.165, 1.54) is 30.4 Å². The van der Waals surface area contributed by atoms with Crippen LogP contribution in [0.15, 0.2) is 18.2 Å². The molecule has 0 saturated carbocycles. The summed E-state index contributed by atoms with van der Waals surface area (Å²) < 4.78 is 5.54. The highest BCUT2D eigenvalue weighted by molar-refractivity contribution is 5.39. The molecule has 0 aliphatic carbocycles. The van der Waals surface area contributed by atoms with Gasteiger partial charge in [0.25, 0.3) is 0 Å². The molecular formula is C18H29NO. The van der Waals surface area contributed by atoms with Crippen molar-refractivity contribution in [3.8, 4) is 5.75 Å². The Bertz CT molecular complexity index is 414. The number of nitrogens with one attached hydrogen (secondary N) is 1. The summed E-state index contributed by atoms with van der Waals surface area (Å²) in [6, 6.07) is 7.28. The molecule has 2 heteroatoms. The van der Waals surface area contributed by atoms with Gasteiger partial charge in [-0.3, -0.25) is 0 Å². The van der Waals surface area contributed by atoms with Gasteiger partial charge in [-0.2, -0.15) is 0 Å². The van der Waals surface area contributed by atoms with E-state index in [9.17, 15) is 0 Å². The van der Waals surface area contributed by atoms with Crippen LogP contribution in [0.4, 0.5) is 0 Å². The molecule has 1 heterocycles. The highest BCUT2D eigenvalue weighted by atomic mass is 16.5. The fraction of sp³-hybridized carbons (Fsp3) is 0.667. The van der Waals surface area contributed by atoms with E-state index < -0.39 is 0 Å². The first-order valence-electron chi connectivity index (χ1n) is 8.13. The fourth-order valence-corrected chi connectivity index (χ4v) is 2.79. The molecule has 20 heavy (non-hydrogen) atoms. The van der Waals surface area contributed by atoms with Crippen LogP contribution in [0.1, 0.15) is 51.2 Å². The zero-order chi connectivity index (χ0) is 14.4. The molecule has 2 nitrogen and oxygen atoms in total. The highest BCUT2D eigenvalue weighted by Crippen LogP contribution is 2.25. The van der Waals surface area contributed by atoms with Gasteiger partial charge >= 0.3 is 0 Å². The van der Waals surface area contributed by atoms with Crippen molar-refractivity contribution in [1.82, 2.24) is 5.32 Å².